The third-order valence-corrected chi connectivity index (χ3v) is 9.12. The average Bonchev–Trinajstić information content (AvgIpc) is 3.33. The van der Waals surface area contributed by atoms with Crippen LogP contribution in [0.1, 0.15) is 12.7 Å². The Hall–Kier alpha value is -3.58. The van der Waals surface area contributed by atoms with Gasteiger partial charge < -0.3 is 36.9 Å². The van der Waals surface area contributed by atoms with Gasteiger partial charge in [0.25, 0.3) is 5.91 Å². The zero-order valence-electron chi connectivity index (χ0n) is 20.3. The van der Waals surface area contributed by atoms with E-state index in [0.29, 0.717) is 11.0 Å². The first-order chi connectivity index (χ1) is 18.1. The zero-order chi connectivity index (χ0) is 27.6. The van der Waals surface area contributed by atoms with Gasteiger partial charge in [0, 0.05) is 36.6 Å². The van der Waals surface area contributed by atoms with Crippen LogP contribution in [0, 0.1) is 5.41 Å². The topological polar surface area (TPSA) is 241 Å². The number of carboxylic acids is 1. The number of aromatic nitrogens is 4. The van der Waals surface area contributed by atoms with Gasteiger partial charge in [-0.1, -0.05) is 10.1 Å². The third kappa shape index (κ3) is 5.20. The molecule has 2 aliphatic heterocycles. The molecule has 2 saturated heterocycles. The fraction of sp³-hybridized carbons (Fsp3) is 0.474. The van der Waals surface area contributed by atoms with E-state index in [0.717, 1.165) is 23.3 Å². The Bertz CT molecular complexity index is 1290. The highest BCUT2D eigenvalue weighted by molar-refractivity contribution is 8.00. The molecule has 0 aromatic carbocycles. The molecule has 0 aliphatic carbocycles. The van der Waals surface area contributed by atoms with Crippen LogP contribution in [0.25, 0.3) is 0 Å². The van der Waals surface area contributed by atoms with Crippen molar-refractivity contribution in [1.82, 2.24) is 24.6 Å². The van der Waals surface area contributed by atoms with E-state index in [1.54, 1.807) is 20.0 Å². The molecule has 9 N–H and O–H groups in total. The lowest BCUT2D eigenvalue weighted by Gasteiger charge is -2.53. The first-order valence-corrected chi connectivity index (χ1v) is 13.9. The molecule has 38 heavy (non-hydrogen) atoms. The van der Waals surface area contributed by atoms with Gasteiger partial charge in [-0.25, -0.2) is 0 Å². The molecule has 2 unspecified atom stereocenters. The Morgan fingerprint density at radius 1 is 1.42 bits per heavy atom. The number of aliphatic carboxylic acids is 1. The minimum Gasteiger partial charge on any atom is -0.481 e. The van der Waals surface area contributed by atoms with Crippen LogP contribution in [0.2, 0.25) is 0 Å². The number of nitrogens with zero attached hydrogens (tertiary/aromatic N) is 6. The molecule has 19 heteroatoms. The van der Waals surface area contributed by atoms with Crippen molar-refractivity contribution in [1.29, 1.82) is 0 Å². The molecule has 0 spiro atoms. The summed E-state index contributed by atoms with van der Waals surface area (Å²) in [5, 5.41) is 19.4. The Kier molecular flexibility index (Phi) is 7.97. The number of nitrogens with two attached hydrogens (primary N) is 3. The second kappa shape index (κ2) is 11.0. The smallest absolute Gasteiger partial charge is 0.322 e. The zero-order valence-corrected chi connectivity index (χ0v) is 22.7. The van der Waals surface area contributed by atoms with Crippen LogP contribution in [0.15, 0.2) is 16.4 Å². The summed E-state index contributed by atoms with van der Waals surface area (Å²) in [6.07, 6.45) is 0. The number of carbonyl (C=O) groups is 3. The monoisotopic (exact) mass is 584 g/mol. The van der Waals surface area contributed by atoms with Crippen molar-refractivity contribution in [2.24, 2.45) is 10.6 Å². The fourth-order valence-corrected chi connectivity index (χ4v) is 7.00. The number of oxime groups is 1. The fourth-order valence-electron chi connectivity index (χ4n) is 3.77. The minimum absolute atomic E-state index is 0.0194. The van der Waals surface area contributed by atoms with E-state index < -0.39 is 34.6 Å². The van der Waals surface area contributed by atoms with E-state index in [9.17, 15) is 19.5 Å². The Morgan fingerprint density at radius 3 is 2.82 bits per heavy atom. The number of nitrogen functional groups attached to an aromatic ring is 3. The molecule has 204 valence electrons. The molecule has 2 aromatic rings. The molecule has 16 nitrogen and oxygen atoms in total. The summed E-state index contributed by atoms with van der Waals surface area (Å²) in [5.74, 6) is 4.86. The molecule has 4 rings (SSSR count). The maximum absolute atomic E-state index is 13.0. The van der Waals surface area contributed by atoms with Gasteiger partial charge in [0.15, 0.2) is 5.13 Å². The first kappa shape index (κ1) is 27.5. The highest BCUT2D eigenvalue weighted by Gasteiger charge is 2.57. The lowest BCUT2D eigenvalue weighted by Crippen LogP contribution is -2.74. The van der Waals surface area contributed by atoms with Gasteiger partial charge in [0.1, 0.15) is 23.4 Å². The van der Waals surface area contributed by atoms with Gasteiger partial charge in [-0.15, -0.1) is 16.4 Å². The second-order valence-electron chi connectivity index (χ2n) is 8.28. The maximum Gasteiger partial charge on any atom is 0.322 e. The van der Waals surface area contributed by atoms with Crippen LogP contribution in [-0.4, -0.2) is 91.0 Å². The number of nitrogens with one attached hydrogen (secondary N) is 2. The SMILES string of the molecule is CCON=C(C(=O)NC1C(=O)N2CC(CSc3nc(N)cc(NC)[n+]3N)(C(=O)O)CS[C@H]12)c1nsc(N)n1. The normalized spacial score (nSPS) is 22.8. The van der Waals surface area contributed by atoms with Crippen LogP contribution < -0.4 is 32.6 Å². The number of carbonyl (C=O) groups excluding carboxylic acids is 2. The number of thioether (sulfide) groups is 2. The van der Waals surface area contributed by atoms with Gasteiger partial charge in [-0.05, 0) is 18.7 Å². The Morgan fingerprint density at radius 2 is 2.18 bits per heavy atom. The Labute approximate surface area is 228 Å². The highest BCUT2D eigenvalue weighted by Crippen LogP contribution is 2.44. The van der Waals surface area contributed by atoms with E-state index in [-0.39, 0.29) is 47.1 Å². The van der Waals surface area contributed by atoms with E-state index >= 15 is 0 Å². The van der Waals surface area contributed by atoms with Crippen molar-refractivity contribution in [2.45, 2.75) is 23.5 Å². The summed E-state index contributed by atoms with van der Waals surface area (Å²) in [7, 11) is 1.67. The number of hydrogen-bond donors (Lipinski definition) is 6. The molecular formula is C19H26N11O5S3+. The maximum atomic E-state index is 13.0. The van der Waals surface area contributed by atoms with Gasteiger partial charge >= 0.3 is 11.1 Å². The lowest BCUT2D eigenvalue weighted by atomic mass is 9.89. The number of carboxylic acid groups (broad SMARTS) is 1. The largest absolute Gasteiger partial charge is 0.481 e. The van der Waals surface area contributed by atoms with E-state index in [1.807, 2.05) is 0 Å². The van der Waals surface area contributed by atoms with Crippen LogP contribution in [-0.2, 0) is 19.2 Å². The molecule has 2 aromatic heterocycles. The quantitative estimate of drug-likeness (QED) is 0.0341. The number of hydrogen-bond acceptors (Lipinski definition) is 15. The highest BCUT2D eigenvalue weighted by atomic mass is 32.2. The molecule has 4 heterocycles. The molecule has 3 atom stereocenters. The molecule has 0 saturated carbocycles. The molecular weight excluding hydrogens is 558 g/mol. The second-order valence-corrected chi connectivity index (χ2v) is 11.1. The van der Waals surface area contributed by atoms with Crippen LogP contribution in [0.4, 0.5) is 16.8 Å². The van der Waals surface area contributed by atoms with E-state index in [2.05, 4.69) is 30.1 Å². The summed E-state index contributed by atoms with van der Waals surface area (Å²) >= 11 is 3.28. The number of fused-ring (bicyclic) bond motifs is 1. The molecule has 0 radical (unpaired) electrons. The molecule has 2 aliphatic rings. The molecule has 2 amide bonds. The summed E-state index contributed by atoms with van der Waals surface area (Å²) in [6.45, 7) is 1.84. The van der Waals surface area contributed by atoms with Crippen LogP contribution >= 0.6 is 35.1 Å². The average molecular weight is 585 g/mol. The van der Waals surface area contributed by atoms with Crippen LogP contribution in [0.3, 0.4) is 0 Å². The number of amides is 2. The summed E-state index contributed by atoms with van der Waals surface area (Å²) in [5.41, 5.74) is 9.97. The molecule has 0 bridgehead atoms. The number of rotatable bonds is 10. The van der Waals surface area contributed by atoms with Crippen molar-refractivity contribution in [3.63, 3.8) is 0 Å². The van der Waals surface area contributed by atoms with Crippen molar-refractivity contribution in [3.8, 4) is 0 Å². The van der Waals surface area contributed by atoms with Gasteiger partial charge in [-0.3, -0.25) is 20.2 Å². The Balaban J connectivity index is 1.45. The van der Waals surface area contributed by atoms with Gasteiger partial charge in [-0.2, -0.15) is 9.36 Å². The predicted octanol–water partition coefficient (Wildman–Crippen LogP) is -1.86. The summed E-state index contributed by atoms with van der Waals surface area (Å²) in [6, 6.07) is 0.671. The summed E-state index contributed by atoms with van der Waals surface area (Å²) in [4.78, 5) is 52.9. The predicted molar refractivity (Wildman–Crippen MR) is 142 cm³/mol. The van der Waals surface area contributed by atoms with E-state index in [4.69, 9.17) is 22.1 Å². The number of anilines is 3. The van der Waals surface area contributed by atoms with Crippen molar-refractivity contribution in [3.05, 3.63) is 11.9 Å². The van der Waals surface area contributed by atoms with Gasteiger partial charge in [0.2, 0.25) is 29.1 Å². The third-order valence-electron chi connectivity index (χ3n) is 5.75. The first-order valence-electron chi connectivity index (χ1n) is 11.1. The van der Waals surface area contributed by atoms with Crippen molar-refractivity contribution >= 4 is 75.3 Å². The minimum atomic E-state index is -1.28. The van der Waals surface area contributed by atoms with E-state index in [1.165, 1.54) is 21.3 Å². The van der Waals surface area contributed by atoms with Crippen molar-refractivity contribution < 1.29 is 29.0 Å². The standard InChI is InChI=1S/C19H25N11O5S3/c1-3-35-27-10(12-26-17(21)38-28-12)13(31)25-11-14(32)29-5-19(16(33)34,6-36-15(11)29)7-37-18-24-8(20)4-9(23-2)30(18)22/h4,11,15H,3,5-7,22H2,1-2H3,(H6,20,21,23,25,26,28,31,33,34)/p+1/t11?,15-,19?/m1/s1. The number of β-lactam (4-membered cyclic amide) rings is 1. The van der Waals surface area contributed by atoms with Crippen molar-refractivity contribution in [2.75, 3.05) is 54.3 Å². The van der Waals surface area contributed by atoms with Gasteiger partial charge in [0.05, 0.1) is 6.07 Å². The molecule has 2 fully saturated rings. The lowest BCUT2D eigenvalue weighted by molar-refractivity contribution is -0.667. The summed E-state index contributed by atoms with van der Waals surface area (Å²) < 4.78 is 5.27. The van der Waals surface area contributed by atoms with Crippen LogP contribution in [0.5, 0.6) is 0 Å².